The molecular formula is C17H20N2O. The molecule has 0 atom stereocenters. The van der Waals surface area contributed by atoms with E-state index >= 15 is 0 Å². The molecule has 3 heteroatoms. The molecule has 20 heavy (non-hydrogen) atoms. The lowest BCUT2D eigenvalue weighted by atomic mass is 10.1. The van der Waals surface area contributed by atoms with Crippen molar-refractivity contribution >= 4 is 11.6 Å². The molecule has 0 aliphatic rings. The van der Waals surface area contributed by atoms with Crippen LogP contribution in [0, 0.1) is 0 Å². The Morgan fingerprint density at radius 2 is 1.65 bits per heavy atom. The lowest BCUT2D eigenvalue weighted by Crippen LogP contribution is -2.24. The first-order valence-electron chi connectivity index (χ1n) is 6.88. The van der Waals surface area contributed by atoms with Gasteiger partial charge in [0.2, 0.25) is 0 Å². The van der Waals surface area contributed by atoms with Crippen molar-refractivity contribution in [2.45, 2.75) is 19.9 Å². The highest BCUT2D eigenvalue weighted by Gasteiger charge is 2.10. The Kier molecular flexibility index (Phi) is 4.77. The first kappa shape index (κ1) is 14.1. The summed E-state index contributed by atoms with van der Waals surface area (Å²) in [4.78, 5) is 12.2. The molecule has 2 N–H and O–H groups in total. The fourth-order valence-electron chi connectivity index (χ4n) is 2.24. The SMILES string of the molecule is CCc1ccccc1CNC(=O)c1ccccc1NC. The van der Waals surface area contributed by atoms with E-state index in [2.05, 4.69) is 29.7 Å². The first-order chi connectivity index (χ1) is 9.76. The molecule has 2 aromatic rings. The third-order valence-corrected chi connectivity index (χ3v) is 3.38. The number of para-hydroxylation sites is 1. The molecule has 104 valence electrons. The van der Waals surface area contributed by atoms with Crippen LogP contribution in [0.3, 0.4) is 0 Å². The van der Waals surface area contributed by atoms with Crippen LogP contribution in [0.2, 0.25) is 0 Å². The summed E-state index contributed by atoms with van der Waals surface area (Å²) in [5, 5.41) is 6.02. The molecular weight excluding hydrogens is 248 g/mol. The maximum atomic E-state index is 12.2. The van der Waals surface area contributed by atoms with Gasteiger partial charge in [-0.1, -0.05) is 43.3 Å². The van der Waals surface area contributed by atoms with E-state index in [1.165, 1.54) is 11.1 Å². The number of amides is 1. The molecule has 0 unspecified atom stereocenters. The molecule has 0 bridgehead atoms. The lowest BCUT2D eigenvalue weighted by Gasteiger charge is -2.11. The van der Waals surface area contributed by atoms with Crippen molar-refractivity contribution in [1.82, 2.24) is 5.32 Å². The fraction of sp³-hybridized carbons (Fsp3) is 0.235. The van der Waals surface area contributed by atoms with Crippen LogP contribution in [-0.4, -0.2) is 13.0 Å². The fourth-order valence-corrected chi connectivity index (χ4v) is 2.24. The van der Waals surface area contributed by atoms with Gasteiger partial charge < -0.3 is 10.6 Å². The maximum absolute atomic E-state index is 12.2. The number of hydrogen-bond donors (Lipinski definition) is 2. The van der Waals surface area contributed by atoms with Gasteiger partial charge in [0.1, 0.15) is 0 Å². The van der Waals surface area contributed by atoms with Crippen LogP contribution in [0.5, 0.6) is 0 Å². The second-order valence-electron chi connectivity index (χ2n) is 4.60. The molecule has 0 aromatic heterocycles. The number of carbonyl (C=O) groups is 1. The topological polar surface area (TPSA) is 41.1 Å². The van der Waals surface area contributed by atoms with Crippen molar-refractivity contribution in [2.24, 2.45) is 0 Å². The van der Waals surface area contributed by atoms with E-state index in [4.69, 9.17) is 0 Å². The number of aryl methyl sites for hydroxylation is 1. The smallest absolute Gasteiger partial charge is 0.253 e. The van der Waals surface area contributed by atoms with Crippen molar-refractivity contribution in [2.75, 3.05) is 12.4 Å². The highest BCUT2D eigenvalue weighted by Crippen LogP contribution is 2.14. The van der Waals surface area contributed by atoms with Gasteiger partial charge in [-0.15, -0.1) is 0 Å². The maximum Gasteiger partial charge on any atom is 0.253 e. The van der Waals surface area contributed by atoms with E-state index in [1.54, 1.807) is 0 Å². The van der Waals surface area contributed by atoms with Gasteiger partial charge in [0.05, 0.1) is 5.56 Å². The molecule has 3 nitrogen and oxygen atoms in total. The van der Waals surface area contributed by atoms with E-state index in [-0.39, 0.29) is 5.91 Å². The summed E-state index contributed by atoms with van der Waals surface area (Å²) >= 11 is 0. The zero-order chi connectivity index (χ0) is 14.4. The Bertz CT molecular complexity index is 593. The van der Waals surface area contributed by atoms with E-state index in [0.29, 0.717) is 12.1 Å². The minimum Gasteiger partial charge on any atom is -0.387 e. The van der Waals surface area contributed by atoms with Gasteiger partial charge in [0, 0.05) is 19.3 Å². The minimum absolute atomic E-state index is 0.0548. The summed E-state index contributed by atoms with van der Waals surface area (Å²) in [6.45, 7) is 2.68. The number of rotatable bonds is 5. The average Bonchev–Trinajstić information content (AvgIpc) is 2.52. The number of nitrogens with one attached hydrogen (secondary N) is 2. The van der Waals surface area contributed by atoms with Crippen molar-refractivity contribution in [3.63, 3.8) is 0 Å². The molecule has 0 saturated carbocycles. The average molecular weight is 268 g/mol. The Labute approximate surface area is 120 Å². The highest BCUT2D eigenvalue weighted by molar-refractivity contribution is 5.99. The van der Waals surface area contributed by atoms with Gasteiger partial charge in [-0.05, 0) is 29.7 Å². The van der Waals surface area contributed by atoms with Gasteiger partial charge in [0.15, 0.2) is 0 Å². The summed E-state index contributed by atoms with van der Waals surface area (Å²) in [5.74, 6) is -0.0548. The van der Waals surface area contributed by atoms with E-state index in [1.807, 2.05) is 43.4 Å². The first-order valence-corrected chi connectivity index (χ1v) is 6.88. The predicted octanol–water partition coefficient (Wildman–Crippen LogP) is 3.22. The number of benzene rings is 2. The summed E-state index contributed by atoms with van der Waals surface area (Å²) in [5.41, 5.74) is 3.96. The predicted molar refractivity (Wildman–Crippen MR) is 83.0 cm³/mol. The van der Waals surface area contributed by atoms with Crippen LogP contribution >= 0.6 is 0 Å². The Morgan fingerprint density at radius 1 is 1.00 bits per heavy atom. The van der Waals surface area contributed by atoms with Crippen LogP contribution in [0.4, 0.5) is 5.69 Å². The lowest BCUT2D eigenvalue weighted by molar-refractivity contribution is 0.0951. The number of carbonyl (C=O) groups excluding carboxylic acids is 1. The largest absolute Gasteiger partial charge is 0.387 e. The van der Waals surface area contributed by atoms with E-state index < -0.39 is 0 Å². The van der Waals surface area contributed by atoms with Crippen LogP contribution in [0.15, 0.2) is 48.5 Å². The van der Waals surface area contributed by atoms with Gasteiger partial charge in [0.25, 0.3) is 5.91 Å². The summed E-state index contributed by atoms with van der Waals surface area (Å²) in [7, 11) is 1.82. The zero-order valence-corrected chi connectivity index (χ0v) is 11.9. The third kappa shape index (κ3) is 3.18. The Hall–Kier alpha value is -2.29. The van der Waals surface area contributed by atoms with Crippen LogP contribution < -0.4 is 10.6 Å². The molecule has 0 radical (unpaired) electrons. The van der Waals surface area contributed by atoms with Gasteiger partial charge >= 0.3 is 0 Å². The van der Waals surface area contributed by atoms with Crippen molar-refractivity contribution in [3.05, 3.63) is 65.2 Å². The molecule has 0 aliphatic heterocycles. The second-order valence-corrected chi connectivity index (χ2v) is 4.60. The third-order valence-electron chi connectivity index (χ3n) is 3.38. The van der Waals surface area contributed by atoms with Crippen LogP contribution in [0.25, 0.3) is 0 Å². The number of anilines is 1. The van der Waals surface area contributed by atoms with Gasteiger partial charge in [-0.25, -0.2) is 0 Å². The highest BCUT2D eigenvalue weighted by atomic mass is 16.1. The normalized spacial score (nSPS) is 10.1. The standard InChI is InChI=1S/C17H20N2O/c1-3-13-8-4-5-9-14(13)12-19-17(20)15-10-6-7-11-16(15)18-2/h4-11,18H,3,12H2,1-2H3,(H,19,20). The molecule has 0 saturated heterocycles. The van der Waals surface area contributed by atoms with Crippen molar-refractivity contribution < 1.29 is 4.79 Å². The van der Waals surface area contributed by atoms with E-state index in [0.717, 1.165) is 12.1 Å². The van der Waals surface area contributed by atoms with Crippen LogP contribution in [-0.2, 0) is 13.0 Å². The summed E-state index contributed by atoms with van der Waals surface area (Å²) in [6.07, 6.45) is 0.971. The summed E-state index contributed by atoms with van der Waals surface area (Å²) in [6, 6.07) is 15.7. The monoisotopic (exact) mass is 268 g/mol. The molecule has 0 heterocycles. The van der Waals surface area contributed by atoms with Gasteiger partial charge in [-0.3, -0.25) is 4.79 Å². The Morgan fingerprint density at radius 3 is 2.35 bits per heavy atom. The van der Waals surface area contributed by atoms with E-state index in [9.17, 15) is 4.79 Å². The quantitative estimate of drug-likeness (QED) is 0.874. The molecule has 0 spiro atoms. The molecule has 2 aromatic carbocycles. The molecule has 1 amide bonds. The molecule has 2 rings (SSSR count). The second kappa shape index (κ2) is 6.75. The minimum atomic E-state index is -0.0548. The van der Waals surface area contributed by atoms with Crippen molar-refractivity contribution in [3.8, 4) is 0 Å². The van der Waals surface area contributed by atoms with Crippen molar-refractivity contribution in [1.29, 1.82) is 0 Å². The Balaban J connectivity index is 2.09. The molecule has 0 fully saturated rings. The number of hydrogen-bond acceptors (Lipinski definition) is 2. The summed E-state index contributed by atoms with van der Waals surface area (Å²) < 4.78 is 0. The molecule has 0 aliphatic carbocycles. The van der Waals surface area contributed by atoms with Crippen LogP contribution in [0.1, 0.15) is 28.4 Å². The zero-order valence-electron chi connectivity index (χ0n) is 11.9. The van der Waals surface area contributed by atoms with Gasteiger partial charge in [-0.2, -0.15) is 0 Å².